The molecule has 41 heavy (non-hydrogen) atoms. The lowest BCUT2D eigenvalue weighted by Gasteiger charge is -2.36. The zero-order valence-electron chi connectivity index (χ0n) is 25.9. The molecule has 4 rings (SSSR count). The summed E-state index contributed by atoms with van der Waals surface area (Å²) in [5, 5.41) is 3.74. The number of ether oxygens (including phenoxy) is 2. The number of carbonyl (C=O) groups excluding carboxylic acids is 2. The van der Waals surface area contributed by atoms with Crippen LogP contribution in [0.3, 0.4) is 0 Å². The Labute approximate surface area is 250 Å². The molecule has 2 aromatic rings. The molecule has 0 radical (unpaired) electrons. The summed E-state index contributed by atoms with van der Waals surface area (Å²) in [4.78, 5) is 37.4. The molecule has 2 aliphatic rings. The number of rotatable bonds is 1. The molecule has 10 nitrogen and oxygen atoms in total. The minimum atomic E-state index is -0.438. The fraction of sp³-hybridized carbons (Fsp3) is 0.600. The van der Waals surface area contributed by atoms with Gasteiger partial charge < -0.3 is 29.5 Å². The van der Waals surface area contributed by atoms with E-state index in [0.717, 1.165) is 50.6 Å². The number of amides is 2. The van der Waals surface area contributed by atoms with E-state index in [1.165, 1.54) is 5.56 Å². The quantitative estimate of drug-likeness (QED) is 0.446. The highest BCUT2D eigenvalue weighted by atomic mass is 35.5. The van der Waals surface area contributed by atoms with Crippen molar-refractivity contribution in [3.8, 4) is 0 Å². The fourth-order valence-corrected chi connectivity index (χ4v) is 4.04. The lowest BCUT2D eigenvalue weighted by Crippen LogP contribution is -2.50. The van der Waals surface area contributed by atoms with Gasteiger partial charge in [-0.3, -0.25) is 0 Å². The third kappa shape index (κ3) is 13.9. The van der Waals surface area contributed by atoms with Crippen LogP contribution in [0.1, 0.15) is 52.7 Å². The zero-order chi connectivity index (χ0) is 30.6. The van der Waals surface area contributed by atoms with Crippen LogP contribution in [0, 0.1) is 13.8 Å². The van der Waals surface area contributed by atoms with Gasteiger partial charge >= 0.3 is 12.2 Å². The number of halogens is 1. The van der Waals surface area contributed by atoms with E-state index in [1.807, 2.05) is 72.9 Å². The van der Waals surface area contributed by atoms with E-state index in [9.17, 15) is 9.59 Å². The van der Waals surface area contributed by atoms with E-state index in [-0.39, 0.29) is 17.8 Å². The molecule has 1 N–H and O–H groups in total. The monoisotopic (exact) mass is 590 g/mol. The topological polar surface area (TPSA) is 100 Å². The molecule has 2 aliphatic heterocycles. The number of pyridine rings is 2. The van der Waals surface area contributed by atoms with Crippen molar-refractivity contribution in [1.82, 2.24) is 25.1 Å². The van der Waals surface area contributed by atoms with Gasteiger partial charge in [-0.1, -0.05) is 11.6 Å². The molecule has 0 saturated carbocycles. The van der Waals surface area contributed by atoms with Crippen LogP contribution >= 0.6 is 11.6 Å². The molecule has 4 heterocycles. The predicted octanol–water partition coefficient (Wildman–Crippen LogP) is 5.32. The average molecular weight is 591 g/mol. The number of anilines is 1. The van der Waals surface area contributed by atoms with Crippen molar-refractivity contribution in [3.63, 3.8) is 0 Å². The van der Waals surface area contributed by atoms with Crippen LogP contribution < -0.4 is 10.2 Å². The second-order valence-electron chi connectivity index (χ2n) is 12.0. The minimum absolute atomic E-state index is 0.200. The van der Waals surface area contributed by atoms with Gasteiger partial charge in [0.1, 0.15) is 22.2 Å². The van der Waals surface area contributed by atoms with Crippen LogP contribution in [-0.4, -0.2) is 95.5 Å². The van der Waals surface area contributed by atoms with Crippen molar-refractivity contribution in [2.45, 2.75) is 66.6 Å². The van der Waals surface area contributed by atoms with Crippen molar-refractivity contribution in [2.24, 2.45) is 0 Å². The van der Waals surface area contributed by atoms with Crippen molar-refractivity contribution in [3.05, 3.63) is 52.9 Å². The summed E-state index contributed by atoms with van der Waals surface area (Å²) in [7, 11) is 0. The first-order valence-electron chi connectivity index (χ1n) is 14.1. The number of carbonyl (C=O) groups is 2. The molecule has 0 bridgehead atoms. The largest absolute Gasteiger partial charge is 0.444 e. The molecule has 0 spiro atoms. The Balaban J connectivity index is 0.000000239. The smallest absolute Gasteiger partial charge is 0.410 e. The number of nitrogens with zero attached hydrogens (tertiary/aromatic N) is 5. The van der Waals surface area contributed by atoms with Crippen molar-refractivity contribution >= 4 is 29.6 Å². The molecule has 2 saturated heterocycles. The Morgan fingerprint density at radius 1 is 0.756 bits per heavy atom. The summed E-state index contributed by atoms with van der Waals surface area (Å²) in [6.45, 7) is 21.5. The Morgan fingerprint density at radius 3 is 1.63 bits per heavy atom. The third-order valence-corrected chi connectivity index (χ3v) is 6.01. The summed E-state index contributed by atoms with van der Waals surface area (Å²) >= 11 is 5.53. The van der Waals surface area contributed by atoms with Gasteiger partial charge in [0.15, 0.2) is 0 Å². The van der Waals surface area contributed by atoms with E-state index in [1.54, 1.807) is 16.0 Å². The second-order valence-corrected chi connectivity index (χ2v) is 12.4. The summed E-state index contributed by atoms with van der Waals surface area (Å²) in [6, 6.07) is 7.79. The first-order chi connectivity index (χ1) is 19.1. The molecular weight excluding hydrogens is 544 g/mol. The lowest BCUT2D eigenvalue weighted by atomic mass is 10.2. The zero-order valence-corrected chi connectivity index (χ0v) is 26.6. The number of nitrogens with one attached hydrogen (secondary N) is 1. The van der Waals surface area contributed by atoms with Gasteiger partial charge in [0, 0.05) is 64.8 Å². The van der Waals surface area contributed by atoms with Gasteiger partial charge in [-0.25, -0.2) is 19.6 Å². The van der Waals surface area contributed by atoms with Crippen LogP contribution in [0.2, 0.25) is 5.15 Å². The number of piperazine rings is 2. The summed E-state index contributed by atoms with van der Waals surface area (Å²) in [5.41, 5.74) is 1.52. The second kappa shape index (κ2) is 15.8. The maximum Gasteiger partial charge on any atom is 0.410 e. The van der Waals surface area contributed by atoms with E-state index in [4.69, 9.17) is 21.1 Å². The van der Waals surface area contributed by atoms with Crippen LogP contribution in [-0.2, 0) is 9.47 Å². The molecule has 0 aliphatic carbocycles. The van der Waals surface area contributed by atoms with Crippen LogP contribution in [0.25, 0.3) is 0 Å². The highest BCUT2D eigenvalue weighted by Gasteiger charge is 2.26. The van der Waals surface area contributed by atoms with Crippen LogP contribution in [0.15, 0.2) is 36.7 Å². The van der Waals surface area contributed by atoms with E-state index >= 15 is 0 Å². The van der Waals surface area contributed by atoms with Crippen molar-refractivity contribution < 1.29 is 19.1 Å². The van der Waals surface area contributed by atoms with Crippen molar-refractivity contribution in [1.29, 1.82) is 0 Å². The van der Waals surface area contributed by atoms with Gasteiger partial charge in [-0.2, -0.15) is 0 Å². The average Bonchev–Trinajstić information content (AvgIpc) is 2.88. The molecule has 0 atom stereocenters. The molecule has 228 valence electrons. The van der Waals surface area contributed by atoms with Gasteiger partial charge in [-0.05, 0) is 90.8 Å². The molecule has 2 aromatic heterocycles. The molecule has 11 heteroatoms. The first kappa shape index (κ1) is 34.1. The number of aryl methyl sites for hydroxylation is 2. The van der Waals surface area contributed by atoms with Gasteiger partial charge in [0.25, 0.3) is 0 Å². The number of aromatic nitrogens is 2. The number of hydrogen-bond acceptors (Lipinski definition) is 8. The Hall–Kier alpha value is -3.11. The van der Waals surface area contributed by atoms with Gasteiger partial charge in [0.05, 0.1) is 0 Å². The maximum absolute atomic E-state index is 12.0. The molecule has 0 unspecified atom stereocenters. The molecular formula is C30H47ClN6O4. The molecule has 2 fully saturated rings. The Morgan fingerprint density at radius 2 is 1.22 bits per heavy atom. The predicted molar refractivity (Wildman–Crippen MR) is 164 cm³/mol. The highest BCUT2D eigenvalue weighted by Crippen LogP contribution is 2.17. The van der Waals surface area contributed by atoms with Gasteiger partial charge in [0.2, 0.25) is 0 Å². The number of hydrogen-bond donors (Lipinski definition) is 1. The van der Waals surface area contributed by atoms with Gasteiger partial charge in [-0.15, -0.1) is 0 Å². The van der Waals surface area contributed by atoms with Crippen LogP contribution in [0.5, 0.6) is 0 Å². The normalized spacial score (nSPS) is 15.6. The van der Waals surface area contributed by atoms with E-state index < -0.39 is 5.60 Å². The first-order valence-corrected chi connectivity index (χ1v) is 14.4. The van der Waals surface area contributed by atoms with E-state index in [0.29, 0.717) is 18.2 Å². The summed E-state index contributed by atoms with van der Waals surface area (Å²) in [6.07, 6.45) is 3.09. The van der Waals surface area contributed by atoms with E-state index in [2.05, 4.69) is 33.2 Å². The lowest BCUT2D eigenvalue weighted by molar-refractivity contribution is 0.0223. The Kier molecular flexibility index (Phi) is 13.1. The minimum Gasteiger partial charge on any atom is -0.444 e. The van der Waals surface area contributed by atoms with Crippen LogP contribution in [0.4, 0.5) is 15.4 Å². The standard InChI is InChI=1S/C15H23N3O2.C9H18N2O2.C6H6ClN/c1-12-5-6-16-13(11-12)17-7-9-18(10-8-17)14(19)20-15(2,3)4;1-9(2,3)13-8(12)11-6-4-10-5-7-11;1-5-2-3-8-6(7)4-5/h5-6,11H,7-10H2,1-4H3;10H,4-7H2,1-3H3;2-4H,1H3. The maximum atomic E-state index is 12.0. The summed E-state index contributed by atoms with van der Waals surface area (Å²) in [5.74, 6) is 0.980. The molecule has 2 amide bonds. The third-order valence-electron chi connectivity index (χ3n) is 5.81. The highest BCUT2D eigenvalue weighted by molar-refractivity contribution is 6.29. The summed E-state index contributed by atoms with van der Waals surface area (Å²) < 4.78 is 10.6. The SMILES string of the molecule is CC(C)(C)OC(=O)N1CCNCC1.Cc1ccnc(Cl)c1.Cc1ccnc(N2CCN(C(=O)OC(C)(C)C)CC2)c1. The molecule has 0 aromatic carbocycles. The fourth-order valence-electron chi connectivity index (χ4n) is 3.81. The Bertz CT molecular complexity index is 1090. The van der Waals surface area contributed by atoms with Crippen molar-refractivity contribution in [2.75, 3.05) is 57.3 Å².